The highest BCUT2D eigenvalue weighted by Crippen LogP contribution is 2.36. The highest BCUT2D eigenvalue weighted by Gasteiger charge is 2.21. The Morgan fingerprint density at radius 1 is 1.10 bits per heavy atom. The molecular weight excluding hydrogens is 451 g/mol. The molecule has 0 aliphatic carbocycles. The molecule has 5 N–H and O–H groups in total. The van der Waals surface area contributed by atoms with E-state index in [2.05, 4.69) is 19.2 Å². The van der Waals surface area contributed by atoms with Gasteiger partial charge in [-0.1, -0.05) is 44.2 Å². The molecule has 3 rings (SSSR count). The Balaban J connectivity index is 0.00000240. The topological polar surface area (TPSA) is 94.0 Å². The van der Waals surface area contributed by atoms with E-state index in [1.54, 1.807) is 0 Å². The van der Waals surface area contributed by atoms with Gasteiger partial charge in [0.1, 0.15) is 0 Å². The zero-order valence-corrected chi connectivity index (χ0v) is 20.4. The van der Waals surface area contributed by atoms with Crippen molar-refractivity contribution >= 4 is 47.7 Å². The minimum absolute atomic E-state index is 0. The lowest BCUT2D eigenvalue weighted by Gasteiger charge is -2.21. The number of hydrogen-bond acceptors (Lipinski definition) is 5. The van der Waals surface area contributed by atoms with E-state index in [1.165, 1.54) is 11.3 Å². The molecule has 0 saturated carbocycles. The fourth-order valence-corrected chi connectivity index (χ4v) is 4.06. The van der Waals surface area contributed by atoms with E-state index >= 15 is 0 Å². The van der Waals surface area contributed by atoms with Gasteiger partial charge in [0.2, 0.25) is 0 Å². The first-order valence-corrected chi connectivity index (χ1v) is 10.7. The third kappa shape index (κ3) is 6.28. The van der Waals surface area contributed by atoms with Gasteiger partial charge in [0.25, 0.3) is 5.91 Å². The normalized spacial score (nSPS) is 10.4. The lowest BCUT2D eigenvalue weighted by molar-refractivity contribution is 0.103. The molecule has 2 heterocycles. The quantitative estimate of drug-likeness (QED) is 0.425. The number of nitrogens with two attached hydrogens (primary N) is 2. The van der Waals surface area contributed by atoms with Crippen molar-refractivity contribution < 1.29 is 4.79 Å². The van der Waals surface area contributed by atoms with Crippen LogP contribution in [-0.4, -0.2) is 10.9 Å². The number of anilines is 1. The Morgan fingerprint density at radius 2 is 1.77 bits per heavy atom. The third-order valence-electron chi connectivity index (χ3n) is 4.83. The molecule has 0 bridgehead atoms. The molecule has 0 aliphatic rings. The summed E-state index contributed by atoms with van der Waals surface area (Å²) in [5, 5.41) is 4.98. The molecular formula is C23H30Cl2N4OS. The Kier molecular flexibility index (Phi) is 10.6. The van der Waals surface area contributed by atoms with Gasteiger partial charge < -0.3 is 16.8 Å². The fourth-order valence-electron chi connectivity index (χ4n) is 3.44. The number of benzene rings is 1. The largest absolute Gasteiger partial charge is 0.326 e. The summed E-state index contributed by atoms with van der Waals surface area (Å²) in [5.74, 6) is 0.315. The average Bonchev–Trinajstić information content (AvgIpc) is 3.24. The number of aryl methyl sites for hydroxylation is 1. The molecule has 8 heteroatoms. The predicted octanol–water partition coefficient (Wildman–Crippen LogP) is 5.33. The van der Waals surface area contributed by atoms with E-state index in [-0.39, 0.29) is 30.7 Å². The molecule has 31 heavy (non-hydrogen) atoms. The van der Waals surface area contributed by atoms with E-state index in [0.29, 0.717) is 23.9 Å². The molecule has 168 valence electrons. The first-order valence-electron chi connectivity index (χ1n) is 9.81. The van der Waals surface area contributed by atoms with E-state index < -0.39 is 0 Å². The van der Waals surface area contributed by atoms with Crippen molar-refractivity contribution in [3.05, 3.63) is 69.2 Å². The van der Waals surface area contributed by atoms with Crippen molar-refractivity contribution in [2.75, 3.05) is 5.32 Å². The van der Waals surface area contributed by atoms with Crippen molar-refractivity contribution in [3.63, 3.8) is 0 Å². The number of carbonyl (C=O) groups excluding carboxylic acids is 1. The molecule has 0 atom stereocenters. The molecule has 0 fully saturated rings. The van der Waals surface area contributed by atoms with Gasteiger partial charge in [-0.15, -0.1) is 36.2 Å². The molecule has 1 aromatic carbocycles. The maximum absolute atomic E-state index is 12.8. The minimum Gasteiger partial charge on any atom is -0.326 e. The summed E-state index contributed by atoms with van der Waals surface area (Å²) >= 11 is 1.41. The fraction of sp³-hybridized carbons (Fsp3) is 0.304. The highest BCUT2D eigenvalue weighted by atomic mass is 35.5. The van der Waals surface area contributed by atoms with Gasteiger partial charge in [-0.2, -0.15) is 0 Å². The summed E-state index contributed by atoms with van der Waals surface area (Å²) in [6.07, 6.45) is 0.834. The van der Waals surface area contributed by atoms with E-state index in [0.717, 1.165) is 45.7 Å². The van der Waals surface area contributed by atoms with E-state index in [9.17, 15) is 4.79 Å². The van der Waals surface area contributed by atoms with Crippen molar-refractivity contribution in [2.24, 2.45) is 17.4 Å². The number of halogens is 2. The number of rotatable bonds is 7. The maximum Gasteiger partial charge on any atom is 0.265 e. The zero-order valence-electron chi connectivity index (χ0n) is 18.0. The van der Waals surface area contributed by atoms with Crippen LogP contribution in [0.15, 0.2) is 41.8 Å². The van der Waals surface area contributed by atoms with Crippen LogP contribution in [0.2, 0.25) is 0 Å². The van der Waals surface area contributed by atoms with Crippen molar-refractivity contribution in [2.45, 2.75) is 40.3 Å². The molecule has 0 aliphatic heterocycles. The summed E-state index contributed by atoms with van der Waals surface area (Å²) in [7, 11) is 0. The van der Waals surface area contributed by atoms with Crippen LogP contribution >= 0.6 is 36.2 Å². The molecule has 0 saturated heterocycles. The number of amides is 1. The van der Waals surface area contributed by atoms with Gasteiger partial charge in [-0.25, -0.2) is 0 Å². The van der Waals surface area contributed by atoms with Crippen molar-refractivity contribution in [1.29, 1.82) is 0 Å². The van der Waals surface area contributed by atoms with Gasteiger partial charge in [-0.3, -0.25) is 9.78 Å². The maximum atomic E-state index is 12.8. The monoisotopic (exact) mass is 480 g/mol. The Bertz CT molecular complexity index is 990. The van der Waals surface area contributed by atoms with Crippen LogP contribution in [0, 0.1) is 12.8 Å². The van der Waals surface area contributed by atoms with Gasteiger partial charge in [0.05, 0.1) is 16.3 Å². The molecule has 3 aromatic rings. The Morgan fingerprint density at radius 3 is 2.29 bits per heavy atom. The van der Waals surface area contributed by atoms with Gasteiger partial charge in [0, 0.05) is 24.3 Å². The Hall–Kier alpha value is -1.96. The molecule has 1 amide bonds. The molecule has 5 nitrogen and oxygen atoms in total. The number of nitrogens with one attached hydrogen (secondary N) is 1. The van der Waals surface area contributed by atoms with Crippen LogP contribution in [-0.2, 0) is 19.5 Å². The summed E-state index contributed by atoms with van der Waals surface area (Å²) in [6.45, 7) is 7.11. The number of carbonyl (C=O) groups is 1. The highest BCUT2D eigenvalue weighted by molar-refractivity contribution is 7.12. The average molecular weight is 481 g/mol. The van der Waals surface area contributed by atoms with Gasteiger partial charge >= 0.3 is 0 Å². The first kappa shape index (κ1) is 27.1. The molecule has 2 aromatic heterocycles. The van der Waals surface area contributed by atoms with Crippen LogP contribution in [0.1, 0.15) is 46.0 Å². The third-order valence-corrected chi connectivity index (χ3v) is 5.70. The van der Waals surface area contributed by atoms with Crippen LogP contribution in [0.3, 0.4) is 0 Å². The molecule has 0 unspecified atom stereocenters. The lowest BCUT2D eigenvalue weighted by Crippen LogP contribution is -2.17. The number of pyridine rings is 1. The second-order valence-electron chi connectivity index (χ2n) is 7.51. The van der Waals surface area contributed by atoms with Gasteiger partial charge in [0.15, 0.2) is 0 Å². The standard InChI is InChI=1S/C23H28N4OS.2ClH/c1-14(2)11-19-18(13-25)21(17-8-6-16(12-24)7-9-17)22(15(3)26-19)27-23(28)20-5-4-10-29-20;;/h4-10,14H,11-13,24-25H2,1-3H3,(H,27,28);2*1H. The number of aromatic nitrogens is 1. The van der Waals surface area contributed by atoms with Crippen LogP contribution in [0.4, 0.5) is 5.69 Å². The molecule has 0 radical (unpaired) electrons. The van der Waals surface area contributed by atoms with Crippen molar-refractivity contribution in [3.8, 4) is 11.1 Å². The SMILES string of the molecule is Cc1nc(CC(C)C)c(CN)c(-c2ccc(CN)cc2)c1NC(=O)c1cccs1.Cl.Cl. The minimum atomic E-state index is -0.135. The summed E-state index contributed by atoms with van der Waals surface area (Å²) in [6, 6.07) is 11.8. The number of hydrogen-bond donors (Lipinski definition) is 3. The molecule has 0 spiro atoms. The predicted molar refractivity (Wildman–Crippen MR) is 136 cm³/mol. The zero-order chi connectivity index (χ0) is 21.0. The van der Waals surface area contributed by atoms with E-state index in [4.69, 9.17) is 16.5 Å². The van der Waals surface area contributed by atoms with Gasteiger partial charge in [-0.05, 0) is 47.4 Å². The summed E-state index contributed by atoms with van der Waals surface area (Å²) < 4.78 is 0. The number of nitrogens with zero attached hydrogens (tertiary/aromatic N) is 1. The van der Waals surface area contributed by atoms with Crippen LogP contribution < -0.4 is 16.8 Å². The summed E-state index contributed by atoms with van der Waals surface area (Å²) in [5.41, 5.74) is 18.4. The summed E-state index contributed by atoms with van der Waals surface area (Å²) in [4.78, 5) is 18.3. The Labute approximate surface area is 200 Å². The van der Waals surface area contributed by atoms with Crippen LogP contribution in [0.25, 0.3) is 11.1 Å². The number of thiophene rings is 1. The second-order valence-corrected chi connectivity index (χ2v) is 8.45. The van der Waals surface area contributed by atoms with Crippen LogP contribution in [0.5, 0.6) is 0 Å². The van der Waals surface area contributed by atoms with E-state index in [1.807, 2.05) is 48.7 Å². The van der Waals surface area contributed by atoms with Crippen molar-refractivity contribution in [1.82, 2.24) is 4.98 Å². The smallest absolute Gasteiger partial charge is 0.265 e. The lowest BCUT2D eigenvalue weighted by atomic mass is 9.92. The second kappa shape index (κ2) is 12.2. The first-order chi connectivity index (χ1) is 13.9.